The number of fused-ring (bicyclic) bond motifs is 1. The van der Waals surface area contributed by atoms with Crippen molar-refractivity contribution in [3.63, 3.8) is 0 Å². The Kier molecular flexibility index (Phi) is 5.99. The second-order valence-electron chi connectivity index (χ2n) is 6.47. The van der Waals surface area contributed by atoms with Crippen molar-refractivity contribution in [1.29, 1.82) is 0 Å². The van der Waals surface area contributed by atoms with Crippen LogP contribution in [0, 0.1) is 5.82 Å². The summed E-state index contributed by atoms with van der Waals surface area (Å²) < 4.78 is 42.1. The maximum Gasteiger partial charge on any atom is 0.271 e. The zero-order valence-corrected chi connectivity index (χ0v) is 17.4. The number of aromatic amines is 1. The lowest BCUT2D eigenvalue weighted by Gasteiger charge is -2.09. The average Bonchev–Trinajstić information content (AvgIpc) is 3.14. The predicted octanol–water partition coefficient (Wildman–Crippen LogP) is 4.30. The number of ketones is 1. The SMILES string of the molecule is C/C=C(\CCC(C)=O)c1ccc(S(=O)(=O)Nc2cc3c(=O)[nH]ccc3cc2F)s1. The molecule has 0 radical (unpaired) electrons. The standard InChI is InChI=1S/C20H19FN2O4S2/c1-3-13(5-4-12(2)24)18-6-7-19(28-18)29(26,27)23-17-11-15-14(10-16(17)21)8-9-22-20(15)25/h3,6-11,23H,4-5H2,1-2H3,(H,22,25)/b13-3+. The van der Waals surface area contributed by atoms with Crippen LogP contribution in [0.15, 0.2) is 51.6 Å². The number of thiophene rings is 1. The Hall–Kier alpha value is -2.78. The molecule has 0 spiro atoms. The van der Waals surface area contributed by atoms with Crippen LogP contribution in [-0.2, 0) is 14.8 Å². The number of benzene rings is 1. The van der Waals surface area contributed by atoms with Crippen molar-refractivity contribution in [2.75, 3.05) is 4.72 Å². The van der Waals surface area contributed by atoms with E-state index >= 15 is 0 Å². The molecule has 0 saturated heterocycles. The molecular formula is C20H19FN2O4S2. The number of pyridine rings is 1. The molecule has 2 N–H and O–H groups in total. The lowest BCUT2D eigenvalue weighted by Crippen LogP contribution is -2.13. The number of hydrogen-bond donors (Lipinski definition) is 2. The first kappa shape index (κ1) is 20.9. The fourth-order valence-electron chi connectivity index (χ4n) is 2.84. The molecule has 1 aromatic carbocycles. The van der Waals surface area contributed by atoms with Gasteiger partial charge in [-0.2, -0.15) is 0 Å². The average molecular weight is 435 g/mol. The summed E-state index contributed by atoms with van der Waals surface area (Å²) >= 11 is 1.04. The Morgan fingerprint density at radius 3 is 2.69 bits per heavy atom. The van der Waals surface area contributed by atoms with Crippen molar-refractivity contribution in [3.8, 4) is 0 Å². The molecule has 152 valence electrons. The van der Waals surface area contributed by atoms with Crippen molar-refractivity contribution in [1.82, 2.24) is 4.98 Å². The monoisotopic (exact) mass is 434 g/mol. The van der Waals surface area contributed by atoms with E-state index in [1.807, 2.05) is 13.0 Å². The lowest BCUT2D eigenvalue weighted by atomic mass is 10.1. The van der Waals surface area contributed by atoms with Gasteiger partial charge < -0.3 is 9.78 Å². The van der Waals surface area contributed by atoms with Crippen molar-refractivity contribution in [2.24, 2.45) is 0 Å². The molecular weight excluding hydrogens is 415 g/mol. The summed E-state index contributed by atoms with van der Waals surface area (Å²) in [4.78, 5) is 26.3. The highest BCUT2D eigenvalue weighted by Gasteiger charge is 2.20. The van der Waals surface area contributed by atoms with Crippen molar-refractivity contribution >= 4 is 49.2 Å². The number of anilines is 1. The fraction of sp³-hybridized carbons (Fsp3) is 0.200. The van der Waals surface area contributed by atoms with Crippen LogP contribution in [0.25, 0.3) is 16.3 Å². The topological polar surface area (TPSA) is 96.1 Å². The van der Waals surface area contributed by atoms with Gasteiger partial charge in [0.2, 0.25) is 0 Å². The zero-order valence-electron chi connectivity index (χ0n) is 15.8. The molecule has 29 heavy (non-hydrogen) atoms. The van der Waals surface area contributed by atoms with E-state index < -0.39 is 21.4 Å². The van der Waals surface area contributed by atoms with Gasteiger partial charge in [0.25, 0.3) is 15.6 Å². The summed E-state index contributed by atoms with van der Waals surface area (Å²) in [6, 6.07) is 6.92. The molecule has 0 fully saturated rings. The second-order valence-corrected chi connectivity index (χ2v) is 9.46. The molecule has 2 heterocycles. The third-order valence-corrected chi connectivity index (χ3v) is 7.38. The number of hydrogen-bond acceptors (Lipinski definition) is 5. The minimum absolute atomic E-state index is 0.0103. The Labute approximate surface area is 171 Å². The number of halogens is 1. The van der Waals surface area contributed by atoms with Crippen molar-refractivity contribution in [3.05, 3.63) is 63.7 Å². The minimum atomic E-state index is -4.05. The number of H-pyrrole nitrogens is 1. The van der Waals surface area contributed by atoms with Crippen LogP contribution in [0.4, 0.5) is 10.1 Å². The largest absolute Gasteiger partial charge is 0.329 e. The Bertz CT molecular complexity index is 1270. The molecule has 3 aromatic rings. The number of Topliss-reactive ketones (excluding diaryl/α,β-unsaturated/α-hetero) is 1. The maximum absolute atomic E-state index is 14.4. The number of sulfonamides is 1. The number of rotatable bonds is 7. The van der Waals surface area contributed by atoms with Gasteiger partial charge in [-0.1, -0.05) is 6.08 Å². The molecule has 0 unspecified atom stereocenters. The number of carbonyl (C=O) groups excluding carboxylic acids is 1. The van der Waals surface area contributed by atoms with Crippen LogP contribution in [0.3, 0.4) is 0 Å². The van der Waals surface area contributed by atoms with E-state index in [1.54, 1.807) is 6.07 Å². The molecule has 0 aliphatic carbocycles. The van der Waals surface area contributed by atoms with Gasteiger partial charge in [0.1, 0.15) is 15.8 Å². The first-order valence-electron chi connectivity index (χ1n) is 8.80. The summed E-state index contributed by atoms with van der Waals surface area (Å²) in [5.41, 5.74) is 0.131. The number of allylic oxidation sites excluding steroid dienone is 2. The Morgan fingerprint density at radius 1 is 1.24 bits per heavy atom. The number of nitrogens with one attached hydrogen (secondary N) is 2. The summed E-state index contributed by atoms with van der Waals surface area (Å²) in [6.45, 7) is 3.33. The quantitative estimate of drug-likeness (QED) is 0.579. The maximum atomic E-state index is 14.4. The Morgan fingerprint density at radius 2 is 2.00 bits per heavy atom. The van der Waals surface area contributed by atoms with Gasteiger partial charge in [0.15, 0.2) is 0 Å². The van der Waals surface area contributed by atoms with E-state index in [4.69, 9.17) is 0 Å². The highest BCUT2D eigenvalue weighted by Crippen LogP contribution is 2.32. The van der Waals surface area contributed by atoms with Gasteiger partial charge in [0, 0.05) is 22.9 Å². The van der Waals surface area contributed by atoms with Gasteiger partial charge in [-0.25, -0.2) is 12.8 Å². The number of carbonyl (C=O) groups is 1. The molecule has 0 bridgehead atoms. The molecule has 0 amide bonds. The van der Waals surface area contributed by atoms with Gasteiger partial charge in [-0.3, -0.25) is 9.52 Å². The molecule has 0 saturated carbocycles. The molecule has 3 rings (SSSR count). The van der Waals surface area contributed by atoms with Crippen LogP contribution in [0.5, 0.6) is 0 Å². The first-order chi connectivity index (χ1) is 13.7. The summed E-state index contributed by atoms with van der Waals surface area (Å²) in [5.74, 6) is -0.726. The van der Waals surface area contributed by atoms with E-state index in [1.165, 1.54) is 31.3 Å². The zero-order chi connectivity index (χ0) is 21.2. The van der Waals surface area contributed by atoms with Gasteiger partial charge in [-0.05, 0) is 61.6 Å². The van der Waals surface area contributed by atoms with Crippen LogP contribution in [0.2, 0.25) is 0 Å². The van der Waals surface area contributed by atoms with E-state index in [-0.39, 0.29) is 21.1 Å². The van der Waals surface area contributed by atoms with Crippen molar-refractivity contribution in [2.45, 2.75) is 30.9 Å². The van der Waals surface area contributed by atoms with E-state index in [9.17, 15) is 22.4 Å². The van der Waals surface area contributed by atoms with Gasteiger partial charge in [-0.15, -0.1) is 11.3 Å². The highest BCUT2D eigenvalue weighted by molar-refractivity contribution is 7.94. The normalized spacial score (nSPS) is 12.3. The third-order valence-electron chi connectivity index (χ3n) is 4.36. The van der Waals surface area contributed by atoms with E-state index in [0.29, 0.717) is 18.2 Å². The predicted molar refractivity (Wildman–Crippen MR) is 113 cm³/mol. The summed E-state index contributed by atoms with van der Waals surface area (Å²) in [7, 11) is -4.05. The molecule has 9 heteroatoms. The molecule has 0 atom stereocenters. The summed E-state index contributed by atoms with van der Waals surface area (Å²) in [5, 5.41) is 0.551. The first-order valence-corrected chi connectivity index (χ1v) is 11.1. The minimum Gasteiger partial charge on any atom is -0.329 e. The van der Waals surface area contributed by atoms with Gasteiger partial charge in [0.05, 0.1) is 5.69 Å². The smallest absolute Gasteiger partial charge is 0.271 e. The third kappa shape index (κ3) is 4.63. The van der Waals surface area contributed by atoms with Crippen LogP contribution in [-0.4, -0.2) is 19.2 Å². The van der Waals surface area contributed by atoms with Crippen LogP contribution < -0.4 is 10.3 Å². The summed E-state index contributed by atoms with van der Waals surface area (Å²) in [6.07, 6.45) is 4.12. The highest BCUT2D eigenvalue weighted by atomic mass is 32.2. The molecule has 2 aromatic heterocycles. The van der Waals surface area contributed by atoms with E-state index in [0.717, 1.165) is 27.9 Å². The number of aromatic nitrogens is 1. The van der Waals surface area contributed by atoms with E-state index in [2.05, 4.69) is 9.71 Å². The molecule has 0 aliphatic heterocycles. The second kappa shape index (κ2) is 8.30. The van der Waals surface area contributed by atoms with Gasteiger partial charge >= 0.3 is 0 Å². The fourth-order valence-corrected chi connectivity index (χ4v) is 5.31. The molecule has 6 nitrogen and oxygen atoms in total. The lowest BCUT2D eigenvalue weighted by molar-refractivity contribution is -0.116. The van der Waals surface area contributed by atoms with Crippen molar-refractivity contribution < 1.29 is 17.6 Å². The Balaban J connectivity index is 1.91. The molecule has 0 aliphatic rings. The van der Waals surface area contributed by atoms with Crippen LogP contribution in [0.1, 0.15) is 31.6 Å². The van der Waals surface area contributed by atoms with Crippen LogP contribution >= 0.6 is 11.3 Å².